The maximum absolute atomic E-state index is 12.2. The molecule has 20 heavy (non-hydrogen) atoms. The number of para-hydroxylation sites is 1. The fourth-order valence-corrected chi connectivity index (χ4v) is 3.82. The van der Waals surface area contributed by atoms with Gasteiger partial charge in [-0.3, -0.25) is 4.79 Å². The van der Waals surface area contributed by atoms with Gasteiger partial charge in [-0.15, -0.1) is 11.3 Å². The molecule has 0 fully saturated rings. The van der Waals surface area contributed by atoms with Gasteiger partial charge in [0.2, 0.25) is 0 Å². The van der Waals surface area contributed by atoms with Gasteiger partial charge in [0.05, 0.1) is 12.1 Å². The quantitative estimate of drug-likeness (QED) is 0.852. The van der Waals surface area contributed by atoms with Crippen LogP contribution in [0.15, 0.2) is 24.3 Å². The minimum Gasteiger partial charge on any atom is -0.398 e. The van der Waals surface area contributed by atoms with Crippen LogP contribution in [0.2, 0.25) is 0 Å². The van der Waals surface area contributed by atoms with Crippen LogP contribution in [-0.4, -0.2) is 5.91 Å². The molecule has 1 aliphatic carbocycles. The maximum Gasteiger partial charge on any atom is 0.253 e. The number of aryl methyl sites for hydroxylation is 3. The third kappa shape index (κ3) is 2.43. The normalized spacial score (nSPS) is 13.2. The summed E-state index contributed by atoms with van der Waals surface area (Å²) in [6.07, 6.45) is 3.65. The lowest BCUT2D eigenvalue weighted by molar-refractivity contribution is 0.0952. The highest BCUT2D eigenvalue weighted by molar-refractivity contribution is 7.12. The van der Waals surface area contributed by atoms with E-state index in [4.69, 9.17) is 5.73 Å². The monoisotopic (exact) mass is 286 g/mol. The summed E-state index contributed by atoms with van der Waals surface area (Å²) in [5.74, 6) is -0.0974. The van der Waals surface area contributed by atoms with Crippen LogP contribution in [0, 0.1) is 6.92 Å². The first-order valence-corrected chi connectivity index (χ1v) is 7.70. The Morgan fingerprint density at radius 1 is 1.40 bits per heavy atom. The zero-order valence-electron chi connectivity index (χ0n) is 11.5. The van der Waals surface area contributed by atoms with E-state index < -0.39 is 0 Å². The molecule has 0 radical (unpaired) electrons. The number of hydrogen-bond acceptors (Lipinski definition) is 3. The molecule has 3 nitrogen and oxygen atoms in total. The van der Waals surface area contributed by atoms with Gasteiger partial charge in [0.1, 0.15) is 0 Å². The first kappa shape index (κ1) is 13.2. The Hall–Kier alpha value is -1.81. The molecular weight excluding hydrogens is 268 g/mol. The van der Waals surface area contributed by atoms with Crippen molar-refractivity contribution in [2.75, 3.05) is 5.73 Å². The molecule has 2 aromatic rings. The van der Waals surface area contributed by atoms with Crippen molar-refractivity contribution in [1.82, 2.24) is 5.32 Å². The molecule has 4 heteroatoms. The van der Waals surface area contributed by atoms with Crippen molar-refractivity contribution in [2.24, 2.45) is 0 Å². The number of anilines is 1. The third-order valence-corrected chi connectivity index (χ3v) is 5.03. The molecule has 1 aromatic carbocycles. The minimum atomic E-state index is -0.0974. The summed E-state index contributed by atoms with van der Waals surface area (Å²) in [5, 5.41) is 2.96. The molecule has 3 N–H and O–H groups in total. The molecule has 1 heterocycles. The van der Waals surface area contributed by atoms with Crippen LogP contribution in [0.1, 0.15) is 37.7 Å². The molecular formula is C16H18N2OS. The molecule has 0 unspecified atom stereocenters. The Morgan fingerprint density at radius 2 is 2.25 bits per heavy atom. The highest BCUT2D eigenvalue weighted by Crippen LogP contribution is 2.30. The molecule has 1 aromatic heterocycles. The van der Waals surface area contributed by atoms with E-state index in [9.17, 15) is 4.79 Å². The highest BCUT2D eigenvalue weighted by Gasteiger charge is 2.16. The van der Waals surface area contributed by atoms with Crippen LogP contribution < -0.4 is 11.1 Å². The first-order chi connectivity index (χ1) is 9.65. The number of nitrogens with two attached hydrogens (primary N) is 1. The number of carbonyl (C=O) groups excluding carboxylic acids is 1. The van der Waals surface area contributed by atoms with Crippen molar-refractivity contribution in [2.45, 2.75) is 32.7 Å². The topological polar surface area (TPSA) is 55.1 Å². The standard InChI is InChI=1S/C16H18N2OS/c1-10-4-2-6-13(15(10)17)16(19)18-9-12-8-11-5-3-7-14(11)20-12/h2,4,6,8H,3,5,7,9,17H2,1H3,(H,18,19). The molecule has 104 valence electrons. The lowest BCUT2D eigenvalue weighted by atomic mass is 10.1. The predicted molar refractivity (Wildman–Crippen MR) is 83.1 cm³/mol. The summed E-state index contributed by atoms with van der Waals surface area (Å²) in [5.41, 5.74) is 9.49. The number of hydrogen-bond donors (Lipinski definition) is 2. The number of rotatable bonds is 3. The summed E-state index contributed by atoms with van der Waals surface area (Å²) in [4.78, 5) is 14.9. The second-order valence-electron chi connectivity index (χ2n) is 5.23. The predicted octanol–water partition coefficient (Wildman–Crippen LogP) is 3.06. The van der Waals surface area contributed by atoms with Gasteiger partial charge in [0.25, 0.3) is 5.91 Å². The number of nitrogens with one attached hydrogen (secondary N) is 1. The van der Waals surface area contributed by atoms with Crippen LogP contribution in [-0.2, 0) is 19.4 Å². The van der Waals surface area contributed by atoms with E-state index in [2.05, 4.69) is 11.4 Å². The second kappa shape index (κ2) is 5.29. The molecule has 0 aliphatic heterocycles. The van der Waals surface area contributed by atoms with Gasteiger partial charge in [0.15, 0.2) is 0 Å². The van der Waals surface area contributed by atoms with Gasteiger partial charge in [0, 0.05) is 15.4 Å². The Bertz CT molecular complexity index is 639. The van der Waals surface area contributed by atoms with Crippen LogP contribution >= 0.6 is 11.3 Å². The van der Waals surface area contributed by atoms with Crippen LogP contribution in [0.25, 0.3) is 0 Å². The number of carbonyl (C=O) groups is 1. The molecule has 0 saturated heterocycles. The Kier molecular flexibility index (Phi) is 3.49. The Morgan fingerprint density at radius 3 is 3.05 bits per heavy atom. The van der Waals surface area contributed by atoms with Gasteiger partial charge in [-0.2, -0.15) is 0 Å². The van der Waals surface area contributed by atoms with E-state index in [1.54, 1.807) is 6.07 Å². The number of thiophene rings is 1. The molecule has 0 saturated carbocycles. The molecule has 0 bridgehead atoms. The number of benzene rings is 1. The fraction of sp³-hybridized carbons (Fsp3) is 0.312. The molecule has 3 rings (SSSR count). The summed E-state index contributed by atoms with van der Waals surface area (Å²) in [6.45, 7) is 2.50. The van der Waals surface area contributed by atoms with Crippen molar-refractivity contribution in [3.05, 3.63) is 50.7 Å². The third-order valence-electron chi connectivity index (χ3n) is 3.79. The van der Waals surface area contributed by atoms with Gasteiger partial charge < -0.3 is 11.1 Å². The maximum atomic E-state index is 12.2. The lowest BCUT2D eigenvalue weighted by Crippen LogP contribution is -2.23. The SMILES string of the molecule is Cc1cccc(C(=O)NCc2cc3c(s2)CCC3)c1N. The number of nitrogen functional groups attached to an aromatic ring is 1. The van der Waals surface area contributed by atoms with E-state index in [1.165, 1.54) is 34.6 Å². The smallest absolute Gasteiger partial charge is 0.253 e. The van der Waals surface area contributed by atoms with Gasteiger partial charge >= 0.3 is 0 Å². The van der Waals surface area contributed by atoms with Crippen LogP contribution in [0.5, 0.6) is 0 Å². The zero-order chi connectivity index (χ0) is 14.1. The molecule has 0 spiro atoms. The van der Waals surface area contributed by atoms with E-state index >= 15 is 0 Å². The van der Waals surface area contributed by atoms with Crippen molar-refractivity contribution in [3.8, 4) is 0 Å². The second-order valence-corrected chi connectivity index (χ2v) is 6.45. The summed E-state index contributed by atoms with van der Waals surface area (Å²) in [7, 11) is 0. The lowest BCUT2D eigenvalue weighted by Gasteiger charge is -2.08. The summed E-state index contributed by atoms with van der Waals surface area (Å²) in [6, 6.07) is 7.77. The van der Waals surface area contributed by atoms with Crippen molar-refractivity contribution < 1.29 is 4.79 Å². The average molecular weight is 286 g/mol. The van der Waals surface area contributed by atoms with E-state index in [-0.39, 0.29) is 5.91 Å². The summed E-state index contributed by atoms with van der Waals surface area (Å²) < 4.78 is 0. The van der Waals surface area contributed by atoms with Gasteiger partial charge in [-0.25, -0.2) is 0 Å². The summed E-state index contributed by atoms with van der Waals surface area (Å²) >= 11 is 1.82. The van der Waals surface area contributed by atoms with Crippen LogP contribution in [0.3, 0.4) is 0 Å². The first-order valence-electron chi connectivity index (χ1n) is 6.89. The molecule has 1 aliphatic rings. The average Bonchev–Trinajstić information content (AvgIpc) is 3.00. The highest BCUT2D eigenvalue weighted by atomic mass is 32.1. The molecule has 1 amide bonds. The number of fused-ring (bicyclic) bond motifs is 1. The van der Waals surface area contributed by atoms with E-state index in [0.717, 1.165) is 5.56 Å². The van der Waals surface area contributed by atoms with Crippen molar-refractivity contribution in [3.63, 3.8) is 0 Å². The van der Waals surface area contributed by atoms with Gasteiger partial charge in [-0.1, -0.05) is 12.1 Å². The van der Waals surface area contributed by atoms with Crippen molar-refractivity contribution in [1.29, 1.82) is 0 Å². The van der Waals surface area contributed by atoms with Crippen molar-refractivity contribution >= 4 is 22.9 Å². The Balaban J connectivity index is 1.68. The van der Waals surface area contributed by atoms with E-state index in [1.807, 2.05) is 30.4 Å². The molecule has 0 atom stereocenters. The fourth-order valence-electron chi connectivity index (χ4n) is 2.62. The minimum absolute atomic E-state index is 0.0974. The van der Waals surface area contributed by atoms with Gasteiger partial charge in [-0.05, 0) is 49.4 Å². The Labute approximate surface area is 122 Å². The van der Waals surface area contributed by atoms with E-state index in [0.29, 0.717) is 17.8 Å². The largest absolute Gasteiger partial charge is 0.398 e. The number of amides is 1. The van der Waals surface area contributed by atoms with Crippen LogP contribution in [0.4, 0.5) is 5.69 Å². The zero-order valence-corrected chi connectivity index (χ0v) is 12.3.